The molecule has 16 heavy (non-hydrogen) atoms. The lowest BCUT2D eigenvalue weighted by molar-refractivity contribution is 0.526. The second-order valence-corrected chi connectivity index (χ2v) is 6.24. The van der Waals surface area contributed by atoms with E-state index in [1.165, 1.54) is 76.5 Å². The molecule has 1 saturated heterocycles. The maximum atomic E-state index is 3.60. The van der Waals surface area contributed by atoms with Gasteiger partial charge in [-0.1, -0.05) is 58.3 Å². The molecule has 1 fully saturated rings. The summed E-state index contributed by atoms with van der Waals surface area (Å²) in [4.78, 5) is 0. The predicted octanol–water partition coefficient (Wildman–Crippen LogP) is 4.57. The first-order valence-electron chi connectivity index (χ1n) is 7.28. The molecule has 1 nitrogen and oxygen atoms in total. The third-order valence-electron chi connectivity index (χ3n) is 3.33. The van der Waals surface area contributed by atoms with E-state index in [-0.39, 0.29) is 0 Å². The van der Waals surface area contributed by atoms with Gasteiger partial charge in [-0.2, -0.15) is 0 Å². The molecule has 96 valence electrons. The molecule has 0 radical (unpaired) electrons. The van der Waals surface area contributed by atoms with E-state index in [1.807, 2.05) is 0 Å². The summed E-state index contributed by atoms with van der Waals surface area (Å²) in [7, 11) is 0. The van der Waals surface area contributed by atoms with Crippen LogP contribution in [0.5, 0.6) is 0 Å². The summed E-state index contributed by atoms with van der Waals surface area (Å²) in [6, 6.07) is 0. The molecule has 0 aromatic heterocycles. The Balaban J connectivity index is 1.77. The van der Waals surface area contributed by atoms with Gasteiger partial charge in [-0.05, 0) is 25.1 Å². The lowest BCUT2D eigenvalue weighted by atomic mass is 10.1. The van der Waals surface area contributed by atoms with Crippen LogP contribution in [0.4, 0.5) is 0 Å². The highest BCUT2D eigenvalue weighted by atomic mass is 32.2. The van der Waals surface area contributed by atoms with Crippen LogP contribution in [0.3, 0.4) is 0 Å². The van der Waals surface area contributed by atoms with Crippen LogP contribution >= 0.6 is 11.8 Å². The van der Waals surface area contributed by atoms with Crippen LogP contribution in [-0.4, -0.2) is 17.7 Å². The van der Waals surface area contributed by atoms with E-state index in [1.54, 1.807) is 0 Å². The standard InChI is InChI=1S/C14H29NS/c1-2-3-4-5-6-7-8-9-11-14-15-12-10-13-16-14/h14-15H,2-13H2,1H3. The average Bonchev–Trinajstić information content (AvgIpc) is 2.34. The van der Waals surface area contributed by atoms with Gasteiger partial charge in [-0.3, -0.25) is 0 Å². The summed E-state index contributed by atoms with van der Waals surface area (Å²) in [6.45, 7) is 3.53. The Morgan fingerprint density at radius 3 is 2.31 bits per heavy atom. The van der Waals surface area contributed by atoms with E-state index in [2.05, 4.69) is 24.0 Å². The van der Waals surface area contributed by atoms with Gasteiger partial charge in [-0.25, -0.2) is 0 Å². The summed E-state index contributed by atoms with van der Waals surface area (Å²) < 4.78 is 0. The minimum Gasteiger partial charge on any atom is -0.305 e. The van der Waals surface area contributed by atoms with Crippen molar-refractivity contribution in [3.8, 4) is 0 Å². The molecule has 2 heteroatoms. The molecule has 0 saturated carbocycles. The zero-order chi connectivity index (χ0) is 11.5. The van der Waals surface area contributed by atoms with Gasteiger partial charge in [0.15, 0.2) is 0 Å². The summed E-state index contributed by atoms with van der Waals surface area (Å²) in [6.07, 6.45) is 14.3. The summed E-state index contributed by atoms with van der Waals surface area (Å²) >= 11 is 2.13. The lowest BCUT2D eigenvalue weighted by Crippen LogP contribution is -2.31. The fraction of sp³-hybridized carbons (Fsp3) is 1.00. The fourth-order valence-corrected chi connectivity index (χ4v) is 3.43. The van der Waals surface area contributed by atoms with E-state index >= 15 is 0 Å². The van der Waals surface area contributed by atoms with Crippen molar-refractivity contribution in [3.63, 3.8) is 0 Å². The average molecular weight is 243 g/mol. The van der Waals surface area contributed by atoms with E-state index in [4.69, 9.17) is 0 Å². The minimum absolute atomic E-state index is 0.772. The normalized spacial score (nSPS) is 21.2. The maximum Gasteiger partial charge on any atom is 0.0532 e. The quantitative estimate of drug-likeness (QED) is 0.595. The third-order valence-corrected chi connectivity index (χ3v) is 4.66. The van der Waals surface area contributed by atoms with Crippen LogP contribution in [0.1, 0.15) is 71.1 Å². The van der Waals surface area contributed by atoms with Crippen molar-refractivity contribution in [2.24, 2.45) is 0 Å². The molecule has 1 aliphatic rings. The van der Waals surface area contributed by atoms with Gasteiger partial charge in [-0.15, -0.1) is 11.8 Å². The number of rotatable bonds is 9. The molecule has 1 unspecified atom stereocenters. The molecule has 1 aliphatic heterocycles. The van der Waals surface area contributed by atoms with Crippen LogP contribution in [0.2, 0.25) is 0 Å². The minimum atomic E-state index is 0.772. The smallest absolute Gasteiger partial charge is 0.0532 e. The highest BCUT2D eigenvalue weighted by molar-refractivity contribution is 7.99. The molecule has 0 aliphatic carbocycles. The van der Waals surface area contributed by atoms with Crippen LogP contribution < -0.4 is 5.32 Å². The summed E-state index contributed by atoms with van der Waals surface area (Å²) in [5.74, 6) is 1.37. The van der Waals surface area contributed by atoms with Crippen molar-refractivity contribution < 1.29 is 0 Å². The number of hydrogen-bond donors (Lipinski definition) is 1. The molecule has 0 bridgehead atoms. The zero-order valence-corrected chi connectivity index (χ0v) is 11.8. The molecule has 1 N–H and O–H groups in total. The number of unbranched alkanes of at least 4 members (excludes halogenated alkanes) is 7. The van der Waals surface area contributed by atoms with Crippen molar-refractivity contribution >= 4 is 11.8 Å². The largest absolute Gasteiger partial charge is 0.305 e. The lowest BCUT2D eigenvalue weighted by Gasteiger charge is -2.22. The molecular weight excluding hydrogens is 214 g/mol. The Bertz CT molecular complexity index is 144. The molecule has 0 amide bonds. The topological polar surface area (TPSA) is 12.0 Å². The molecular formula is C14H29NS. The van der Waals surface area contributed by atoms with Crippen molar-refractivity contribution in [1.29, 1.82) is 0 Å². The first-order valence-corrected chi connectivity index (χ1v) is 8.33. The predicted molar refractivity (Wildman–Crippen MR) is 76.1 cm³/mol. The molecule has 1 rings (SSSR count). The Hall–Kier alpha value is 0.310. The second kappa shape index (κ2) is 10.5. The summed E-state index contributed by atoms with van der Waals surface area (Å²) in [5.41, 5.74) is 0. The fourth-order valence-electron chi connectivity index (χ4n) is 2.27. The number of hydrogen-bond acceptors (Lipinski definition) is 2. The van der Waals surface area contributed by atoms with Crippen LogP contribution in [0, 0.1) is 0 Å². The molecule has 0 aromatic carbocycles. The Morgan fingerprint density at radius 1 is 1.00 bits per heavy atom. The van der Waals surface area contributed by atoms with Gasteiger partial charge in [0.1, 0.15) is 0 Å². The van der Waals surface area contributed by atoms with E-state index < -0.39 is 0 Å². The number of nitrogens with one attached hydrogen (secondary N) is 1. The second-order valence-electron chi connectivity index (χ2n) is 4.93. The van der Waals surface area contributed by atoms with E-state index in [0.717, 1.165) is 5.37 Å². The van der Waals surface area contributed by atoms with Gasteiger partial charge in [0.25, 0.3) is 0 Å². The van der Waals surface area contributed by atoms with Crippen molar-refractivity contribution in [2.45, 2.75) is 76.5 Å². The van der Waals surface area contributed by atoms with Crippen LogP contribution in [-0.2, 0) is 0 Å². The highest BCUT2D eigenvalue weighted by Crippen LogP contribution is 2.20. The van der Waals surface area contributed by atoms with Crippen LogP contribution in [0.25, 0.3) is 0 Å². The Labute approximate surface area is 106 Å². The first kappa shape index (κ1) is 14.4. The third kappa shape index (κ3) is 7.56. The van der Waals surface area contributed by atoms with Gasteiger partial charge >= 0.3 is 0 Å². The van der Waals surface area contributed by atoms with Crippen LogP contribution in [0.15, 0.2) is 0 Å². The molecule has 1 atom stereocenters. The first-order chi connectivity index (χ1) is 7.93. The molecule has 0 spiro atoms. The maximum absolute atomic E-state index is 3.60. The monoisotopic (exact) mass is 243 g/mol. The van der Waals surface area contributed by atoms with Gasteiger partial charge < -0.3 is 5.32 Å². The van der Waals surface area contributed by atoms with Crippen molar-refractivity contribution in [1.82, 2.24) is 5.32 Å². The number of thioether (sulfide) groups is 1. The molecule has 0 aromatic rings. The van der Waals surface area contributed by atoms with Crippen molar-refractivity contribution in [3.05, 3.63) is 0 Å². The Morgan fingerprint density at radius 2 is 1.69 bits per heavy atom. The summed E-state index contributed by atoms with van der Waals surface area (Å²) in [5, 5.41) is 4.37. The van der Waals surface area contributed by atoms with Gasteiger partial charge in [0, 0.05) is 0 Å². The van der Waals surface area contributed by atoms with Gasteiger partial charge in [0.05, 0.1) is 5.37 Å². The zero-order valence-electron chi connectivity index (χ0n) is 11.0. The molecule has 1 heterocycles. The SMILES string of the molecule is CCCCCCCCCCC1NCCCS1. The Kier molecular flexibility index (Phi) is 9.40. The van der Waals surface area contributed by atoms with Gasteiger partial charge in [0.2, 0.25) is 0 Å². The van der Waals surface area contributed by atoms with E-state index in [0.29, 0.717) is 0 Å². The van der Waals surface area contributed by atoms with E-state index in [9.17, 15) is 0 Å². The van der Waals surface area contributed by atoms with Crippen molar-refractivity contribution in [2.75, 3.05) is 12.3 Å². The highest BCUT2D eigenvalue weighted by Gasteiger charge is 2.11.